The minimum absolute atomic E-state index is 0.102. The molecule has 0 unspecified atom stereocenters. The summed E-state index contributed by atoms with van der Waals surface area (Å²) in [5.41, 5.74) is 9.02. The summed E-state index contributed by atoms with van der Waals surface area (Å²) < 4.78 is 5.54. The summed E-state index contributed by atoms with van der Waals surface area (Å²) in [5.74, 6) is 1.78. The van der Waals surface area contributed by atoms with E-state index in [2.05, 4.69) is 18.2 Å². The number of methoxy groups -OCH3 is 1. The Kier molecular flexibility index (Phi) is 2.62. The molecule has 3 rings (SSSR count). The Morgan fingerprint density at radius 3 is 2.53 bits per heavy atom. The highest BCUT2D eigenvalue weighted by atomic mass is 16.5. The number of benzene rings is 1. The Balaban J connectivity index is 1.95. The molecule has 0 spiro atoms. The quantitative estimate of drug-likeness (QED) is 0.866. The normalized spacial score (nSPS) is 22.7. The lowest BCUT2D eigenvalue weighted by Gasteiger charge is -2.25. The fraction of sp³-hybridized carbons (Fsp3) is 0.600. The van der Waals surface area contributed by atoms with Crippen LogP contribution in [0.3, 0.4) is 0 Å². The van der Waals surface area contributed by atoms with Gasteiger partial charge in [-0.3, -0.25) is 0 Å². The van der Waals surface area contributed by atoms with Crippen molar-refractivity contribution in [2.24, 2.45) is 5.73 Å². The number of rotatable bonds is 3. The molecule has 1 aromatic rings. The SMILES string of the molecule is COc1cc(C2(N)CCCC2)ccc1C1CC1. The first-order chi connectivity index (χ1) is 8.23. The van der Waals surface area contributed by atoms with Crippen LogP contribution in [0, 0.1) is 0 Å². The van der Waals surface area contributed by atoms with Crippen LogP contribution in [0.1, 0.15) is 55.6 Å². The van der Waals surface area contributed by atoms with Crippen molar-refractivity contribution in [3.63, 3.8) is 0 Å². The van der Waals surface area contributed by atoms with E-state index >= 15 is 0 Å². The summed E-state index contributed by atoms with van der Waals surface area (Å²) in [4.78, 5) is 0. The average Bonchev–Trinajstić information content (AvgIpc) is 3.11. The molecule has 2 aliphatic carbocycles. The van der Waals surface area contributed by atoms with Gasteiger partial charge in [-0.25, -0.2) is 0 Å². The highest BCUT2D eigenvalue weighted by Crippen LogP contribution is 2.46. The van der Waals surface area contributed by atoms with Crippen molar-refractivity contribution >= 4 is 0 Å². The zero-order valence-electron chi connectivity index (χ0n) is 10.5. The maximum atomic E-state index is 6.49. The fourth-order valence-corrected chi connectivity index (χ4v) is 3.05. The Hall–Kier alpha value is -1.02. The van der Waals surface area contributed by atoms with Gasteiger partial charge in [0, 0.05) is 5.54 Å². The highest BCUT2D eigenvalue weighted by Gasteiger charge is 2.33. The molecule has 0 aliphatic heterocycles. The number of hydrogen-bond donors (Lipinski definition) is 1. The van der Waals surface area contributed by atoms with E-state index in [1.165, 1.54) is 36.8 Å². The molecule has 0 radical (unpaired) electrons. The second-order valence-electron chi connectivity index (χ2n) is 5.59. The van der Waals surface area contributed by atoms with Gasteiger partial charge in [0.1, 0.15) is 5.75 Å². The van der Waals surface area contributed by atoms with Crippen LogP contribution in [0.25, 0.3) is 0 Å². The van der Waals surface area contributed by atoms with Gasteiger partial charge in [-0.15, -0.1) is 0 Å². The van der Waals surface area contributed by atoms with E-state index < -0.39 is 0 Å². The van der Waals surface area contributed by atoms with Gasteiger partial charge in [-0.2, -0.15) is 0 Å². The topological polar surface area (TPSA) is 35.2 Å². The van der Waals surface area contributed by atoms with Crippen LogP contribution < -0.4 is 10.5 Å². The van der Waals surface area contributed by atoms with Gasteiger partial charge in [-0.1, -0.05) is 25.0 Å². The molecule has 2 aliphatic rings. The van der Waals surface area contributed by atoms with Gasteiger partial charge >= 0.3 is 0 Å². The van der Waals surface area contributed by atoms with Crippen LogP contribution in [-0.4, -0.2) is 7.11 Å². The van der Waals surface area contributed by atoms with Crippen molar-refractivity contribution in [2.45, 2.75) is 50.0 Å². The van der Waals surface area contributed by atoms with Crippen molar-refractivity contribution in [2.75, 3.05) is 7.11 Å². The Labute approximate surface area is 103 Å². The minimum Gasteiger partial charge on any atom is -0.496 e. The molecule has 0 saturated heterocycles. The lowest BCUT2D eigenvalue weighted by Crippen LogP contribution is -2.33. The van der Waals surface area contributed by atoms with E-state index in [1.807, 2.05) is 0 Å². The van der Waals surface area contributed by atoms with E-state index in [9.17, 15) is 0 Å². The summed E-state index contributed by atoms with van der Waals surface area (Å²) in [7, 11) is 1.77. The molecule has 0 bridgehead atoms. The van der Waals surface area contributed by atoms with Crippen LogP contribution in [0.2, 0.25) is 0 Å². The van der Waals surface area contributed by atoms with Gasteiger partial charge in [0.2, 0.25) is 0 Å². The van der Waals surface area contributed by atoms with Gasteiger partial charge in [0.25, 0.3) is 0 Å². The lowest BCUT2D eigenvalue weighted by molar-refractivity contribution is 0.403. The number of hydrogen-bond acceptors (Lipinski definition) is 2. The molecule has 2 fully saturated rings. The molecule has 2 nitrogen and oxygen atoms in total. The Morgan fingerprint density at radius 1 is 1.24 bits per heavy atom. The molecule has 0 aromatic heterocycles. The second kappa shape index (κ2) is 4.02. The predicted molar refractivity (Wildman–Crippen MR) is 69.3 cm³/mol. The lowest BCUT2D eigenvalue weighted by atomic mass is 9.88. The van der Waals surface area contributed by atoms with Crippen molar-refractivity contribution < 1.29 is 4.74 Å². The smallest absolute Gasteiger partial charge is 0.122 e. The molecule has 92 valence electrons. The van der Waals surface area contributed by atoms with Gasteiger partial charge in [0.05, 0.1) is 7.11 Å². The maximum absolute atomic E-state index is 6.49. The largest absolute Gasteiger partial charge is 0.496 e. The molecule has 2 N–H and O–H groups in total. The molecule has 0 heterocycles. The average molecular weight is 231 g/mol. The summed E-state index contributed by atoms with van der Waals surface area (Å²) in [6.07, 6.45) is 7.34. The van der Waals surface area contributed by atoms with Crippen LogP contribution in [-0.2, 0) is 5.54 Å². The molecule has 0 amide bonds. The minimum atomic E-state index is -0.102. The Morgan fingerprint density at radius 2 is 1.94 bits per heavy atom. The first kappa shape index (κ1) is 11.1. The van der Waals surface area contributed by atoms with E-state index in [1.54, 1.807) is 7.11 Å². The summed E-state index contributed by atoms with van der Waals surface area (Å²) in [6.45, 7) is 0. The first-order valence-corrected chi connectivity index (χ1v) is 6.70. The third-order valence-corrected chi connectivity index (χ3v) is 4.32. The van der Waals surface area contributed by atoms with E-state index in [0.717, 1.165) is 24.5 Å². The van der Waals surface area contributed by atoms with Crippen molar-refractivity contribution in [3.05, 3.63) is 29.3 Å². The Bertz CT molecular complexity index is 417. The van der Waals surface area contributed by atoms with Crippen molar-refractivity contribution in [1.29, 1.82) is 0 Å². The molecule has 2 saturated carbocycles. The van der Waals surface area contributed by atoms with E-state index in [-0.39, 0.29) is 5.54 Å². The predicted octanol–water partition coefficient (Wildman–Crippen LogP) is 3.30. The van der Waals surface area contributed by atoms with Crippen molar-refractivity contribution in [1.82, 2.24) is 0 Å². The van der Waals surface area contributed by atoms with Gasteiger partial charge in [-0.05, 0) is 48.8 Å². The molecular formula is C15H21NO. The molecule has 0 atom stereocenters. The van der Waals surface area contributed by atoms with Crippen LogP contribution in [0.15, 0.2) is 18.2 Å². The zero-order valence-corrected chi connectivity index (χ0v) is 10.5. The number of nitrogens with two attached hydrogens (primary N) is 1. The third-order valence-electron chi connectivity index (χ3n) is 4.32. The summed E-state index contributed by atoms with van der Waals surface area (Å²) in [5, 5.41) is 0. The van der Waals surface area contributed by atoms with E-state index in [4.69, 9.17) is 10.5 Å². The highest BCUT2D eigenvalue weighted by molar-refractivity contribution is 5.44. The summed E-state index contributed by atoms with van der Waals surface area (Å²) >= 11 is 0. The van der Waals surface area contributed by atoms with Crippen LogP contribution >= 0.6 is 0 Å². The van der Waals surface area contributed by atoms with Crippen molar-refractivity contribution in [3.8, 4) is 5.75 Å². The first-order valence-electron chi connectivity index (χ1n) is 6.70. The van der Waals surface area contributed by atoms with E-state index in [0.29, 0.717) is 0 Å². The summed E-state index contributed by atoms with van der Waals surface area (Å²) in [6, 6.07) is 6.64. The molecule has 1 aromatic carbocycles. The van der Waals surface area contributed by atoms with Crippen LogP contribution in [0.5, 0.6) is 5.75 Å². The van der Waals surface area contributed by atoms with Gasteiger partial charge < -0.3 is 10.5 Å². The molecule has 17 heavy (non-hydrogen) atoms. The standard InChI is InChI=1S/C15H21NO/c1-17-14-10-12(15(16)8-2-3-9-15)6-7-13(14)11-4-5-11/h6-7,10-11H,2-5,8-9,16H2,1H3. The second-order valence-corrected chi connectivity index (χ2v) is 5.59. The fourth-order valence-electron chi connectivity index (χ4n) is 3.05. The zero-order chi connectivity index (χ0) is 11.9. The molecular weight excluding hydrogens is 210 g/mol. The monoisotopic (exact) mass is 231 g/mol. The molecule has 2 heteroatoms. The maximum Gasteiger partial charge on any atom is 0.122 e. The van der Waals surface area contributed by atoms with Gasteiger partial charge in [0.15, 0.2) is 0 Å². The number of ether oxygens (including phenoxy) is 1. The third kappa shape index (κ3) is 1.95. The van der Waals surface area contributed by atoms with Crippen LogP contribution in [0.4, 0.5) is 0 Å².